The summed E-state index contributed by atoms with van der Waals surface area (Å²) in [7, 11) is 0. The topological polar surface area (TPSA) is 58.6 Å². The number of amides is 2. The van der Waals surface area contributed by atoms with Gasteiger partial charge in [-0.3, -0.25) is 9.59 Å². The molecule has 2 amide bonds. The van der Waals surface area contributed by atoms with Crippen LogP contribution in [0.15, 0.2) is 41.8 Å². The molecule has 0 atom stereocenters. The summed E-state index contributed by atoms with van der Waals surface area (Å²) >= 11 is 1.34. The van der Waals surface area contributed by atoms with Crippen molar-refractivity contribution < 1.29 is 14.3 Å². The van der Waals surface area contributed by atoms with Gasteiger partial charge in [-0.05, 0) is 23.6 Å². The summed E-state index contributed by atoms with van der Waals surface area (Å²) in [6.07, 6.45) is 0. The average molecular weight is 316 g/mol. The Morgan fingerprint density at radius 1 is 1.09 bits per heavy atom. The molecule has 1 aliphatic rings. The molecule has 0 unspecified atom stereocenters. The van der Waals surface area contributed by atoms with Gasteiger partial charge >= 0.3 is 0 Å². The van der Waals surface area contributed by atoms with E-state index in [-0.39, 0.29) is 11.8 Å². The Bertz CT molecular complexity index is 663. The first-order valence-electron chi connectivity index (χ1n) is 7.06. The summed E-state index contributed by atoms with van der Waals surface area (Å²) in [5, 5.41) is 4.63. The van der Waals surface area contributed by atoms with Crippen LogP contribution in [0.4, 0.5) is 5.69 Å². The van der Waals surface area contributed by atoms with E-state index >= 15 is 0 Å². The first-order valence-corrected chi connectivity index (χ1v) is 7.94. The molecule has 1 N–H and O–H groups in total. The van der Waals surface area contributed by atoms with Crippen molar-refractivity contribution in [2.24, 2.45) is 0 Å². The zero-order valence-electron chi connectivity index (χ0n) is 12.0. The lowest BCUT2D eigenvalue weighted by atomic mass is 10.2. The van der Waals surface area contributed by atoms with E-state index in [4.69, 9.17) is 4.74 Å². The monoisotopic (exact) mass is 316 g/mol. The third kappa shape index (κ3) is 3.18. The lowest BCUT2D eigenvalue weighted by Crippen LogP contribution is -2.40. The third-order valence-electron chi connectivity index (χ3n) is 3.44. The number of benzene rings is 1. The number of nitrogens with zero attached hydrogens (tertiary/aromatic N) is 1. The van der Waals surface area contributed by atoms with Crippen molar-refractivity contribution in [1.29, 1.82) is 0 Å². The van der Waals surface area contributed by atoms with Crippen LogP contribution >= 0.6 is 11.3 Å². The van der Waals surface area contributed by atoms with E-state index in [1.54, 1.807) is 23.1 Å². The van der Waals surface area contributed by atoms with E-state index in [2.05, 4.69) is 5.32 Å². The first-order chi connectivity index (χ1) is 10.8. The zero-order chi connectivity index (χ0) is 15.4. The highest BCUT2D eigenvalue weighted by Crippen LogP contribution is 2.25. The predicted molar refractivity (Wildman–Crippen MR) is 85.4 cm³/mol. The van der Waals surface area contributed by atoms with Gasteiger partial charge in [0, 0.05) is 18.7 Å². The number of ether oxygens (including phenoxy) is 1. The largest absolute Gasteiger partial charge is 0.378 e. The quantitative estimate of drug-likeness (QED) is 0.946. The Balaban J connectivity index is 1.74. The van der Waals surface area contributed by atoms with E-state index in [0.29, 0.717) is 42.4 Å². The van der Waals surface area contributed by atoms with Crippen LogP contribution in [0.2, 0.25) is 0 Å². The molecule has 2 aromatic rings. The predicted octanol–water partition coefficient (Wildman–Crippen LogP) is 2.47. The Kier molecular flexibility index (Phi) is 4.50. The zero-order valence-corrected chi connectivity index (χ0v) is 12.8. The van der Waals surface area contributed by atoms with Gasteiger partial charge in [-0.2, -0.15) is 0 Å². The highest BCUT2D eigenvalue weighted by molar-refractivity contribution is 7.12. The van der Waals surface area contributed by atoms with Crippen molar-refractivity contribution in [3.63, 3.8) is 0 Å². The van der Waals surface area contributed by atoms with Crippen molar-refractivity contribution >= 4 is 28.8 Å². The van der Waals surface area contributed by atoms with Crippen molar-refractivity contribution in [3.05, 3.63) is 52.2 Å². The van der Waals surface area contributed by atoms with Gasteiger partial charge in [-0.15, -0.1) is 11.3 Å². The van der Waals surface area contributed by atoms with Crippen LogP contribution in [0.1, 0.15) is 20.0 Å². The minimum atomic E-state index is -0.213. The Labute approximate surface area is 132 Å². The van der Waals surface area contributed by atoms with E-state index < -0.39 is 0 Å². The van der Waals surface area contributed by atoms with Gasteiger partial charge in [0.1, 0.15) is 4.88 Å². The molecule has 1 saturated heterocycles. The number of thiophene rings is 1. The van der Waals surface area contributed by atoms with E-state index in [0.717, 1.165) is 0 Å². The van der Waals surface area contributed by atoms with Crippen molar-refractivity contribution in [2.45, 2.75) is 0 Å². The fourth-order valence-corrected chi connectivity index (χ4v) is 3.08. The molecule has 0 radical (unpaired) electrons. The normalized spacial score (nSPS) is 14.6. The third-order valence-corrected chi connectivity index (χ3v) is 4.34. The maximum absolute atomic E-state index is 12.5. The van der Waals surface area contributed by atoms with Gasteiger partial charge < -0.3 is 15.0 Å². The SMILES string of the molecule is O=C(Nc1ccsc1C(=O)N1CCOCC1)c1ccccc1. The van der Waals surface area contributed by atoms with Crippen molar-refractivity contribution in [1.82, 2.24) is 4.90 Å². The number of carbonyl (C=O) groups is 2. The molecule has 1 aromatic carbocycles. The number of rotatable bonds is 3. The summed E-state index contributed by atoms with van der Waals surface area (Å²) in [4.78, 5) is 27.1. The van der Waals surface area contributed by atoms with Gasteiger partial charge in [0.05, 0.1) is 18.9 Å². The second-order valence-corrected chi connectivity index (χ2v) is 5.80. The minimum Gasteiger partial charge on any atom is -0.378 e. The van der Waals surface area contributed by atoms with Crippen LogP contribution in [-0.4, -0.2) is 43.0 Å². The number of nitrogens with one attached hydrogen (secondary N) is 1. The smallest absolute Gasteiger partial charge is 0.266 e. The van der Waals surface area contributed by atoms with Gasteiger partial charge in [0.2, 0.25) is 0 Å². The molecular formula is C16H16N2O3S. The van der Waals surface area contributed by atoms with Crippen molar-refractivity contribution in [2.75, 3.05) is 31.6 Å². The summed E-state index contributed by atoms with van der Waals surface area (Å²) in [5.41, 5.74) is 1.13. The first kappa shape index (κ1) is 14.7. The van der Waals surface area contributed by atoms with Crippen LogP contribution in [0.3, 0.4) is 0 Å². The van der Waals surface area contributed by atoms with Gasteiger partial charge in [-0.25, -0.2) is 0 Å². The molecule has 3 rings (SSSR count). The second kappa shape index (κ2) is 6.72. The van der Waals surface area contributed by atoms with E-state index in [1.165, 1.54) is 11.3 Å². The molecule has 0 spiro atoms. The van der Waals surface area contributed by atoms with Gasteiger partial charge in [-0.1, -0.05) is 18.2 Å². The summed E-state index contributed by atoms with van der Waals surface area (Å²) in [6.45, 7) is 2.29. The lowest BCUT2D eigenvalue weighted by molar-refractivity contribution is 0.0307. The van der Waals surface area contributed by atoms with Crippen LogP contribution in [0, 0.1) is 0 Å². The van der Waals surface area contributed by atoms with E-state index in [9.17, 15) is 9.59 Å². The Morgan fingerprint density at radius 3 is 2.55 bits per heavy atom. The van der Waals surface area contributed by atoms with Gasteiger partial charge in [0.25, 0.3) is 11.8 Å². The van der Waals surface area contributed by atoms with Gasteiger partial charge in [0.15, 0.2) is 0 Å². The molecule has 1 aliphatic heterocycles. The number of anilines is 1. The molecule has 1 fully saturated rings. The highest BCUT2D eigenvalue weighted by atomic mass is 32.1. The number of carbonyl (C=O) groups excluding carboxylic acids is 2. The molecule has 1 aromatic heterocycles. The molecule has 6 heteroatoms. The average Bonchev–Trinajstić information content (AvgIpc) is 3.04. The maximum atomic E-state index is 12.5. The van der Waals surface area contributed by atoms with Crippen LogP contribution in [-0.2, 0) is 4.74 Å². The number of hydrogen-bond acceptors (Lipinski definition) is 4. The van der Waals surface area contributed by atoms with Crippen LogP contribution < -0.4 is 5.32 Å². The molecule has 0 aliphatic carbocycles. The highest BCUT2D eigenvalue weighted by Gasteiger charge is 2.23. The Hall–Kier alpha value is -2.18. The molecule has 114 valence electrons. The lowest BCUT2D eigenvalue weighted by Gasteiger charge is -2.26. The van der Waals surface area contributed by atoms with Crippen molar-refractivity contribution in [3.8, 4) is 0 Å². The number of hydrogen-bond donors (Lipinski definition) is 1. The fourth-order valence-electron chi connectivity index (χ4n) is 2.27. The summed E-state index contributed by atoms with van der Waals surface area (Å²) in [5.74, 6) is -0.267. The van der Waals surface area contributed by atoms with Crippen LogP contribution in [0.5, 0.6) is 0 Å². The Morgan fingerprint density at radius 2 is 1.82 bits per heavy atom. The number of morpholine rings is 1. The standard InChI is InChI=1S/C16H16N2O3S/c19-15(12-4-2-1-3-5-12)17-13-6-11-22-14(13)16(20)18-7-9-21-10-8-18/h1-6,11H,7-10H2,(H,17,19). The summed E-state index contributed by atoms with van der Waals surface area (Å²) in [6, 6.07) is 10.7. The molecular weight excluding hydrogens is 300 g/mol. The molecule has 0 bridgehead atoms. The van der Waals surface area contributed by atoms with Crippen LogP contribution in [0.25, 0.3) is 0 Å². The molecule has 22 heavy (non-hydrogen) atoms. The molecule has 5 nitrogen and oxygen atoms in total. The summed E-state index contributed by atoms with van der Waals surface area (Å²) < 4.78 is 5.26. The molecule has 0 saturated carbocycles. The minimum absolute atomic E-state index is 0.0540. The molecule has 2 heterocycles. The fraction of sp³-hybridized carbons (Fsp3) is 0.250. The maximum Gasteiger partial charge on any atom is 0.266 e. The second-order valence-electron chi connectivity index (χ2n) is 4.89. The van der Waals surface area contributed by atoms with E-state index in [1.807, 2.05) is 23.6 Å².